The number of hydrogen-bond acceptors (Lipinski definition) is 9. The van der Waals surface area contributed by atoms with Gasteiger partial charge in [0.1, 0.15) is 18.1 Å². The van der Waals surface area contributed by atoms with Crippen molar-refractivity contribution >= 4 is 45.3 Å². The Morgan fingerprint density at radius 1 is 0.879 bits per heavy atom. The average Bonchev–Trinajstić information content (AvgIpc) is 3.87. The minimum atomic E-state index is -3.61. The molecule has 0 aromatic carbocycles. The first kappa shape index (κ1) is 47.2. The molecule has 4 aliphatic rings. The van der Waals surface area contributed by atoms with Crippen LogP contribution in [0.1, 0.15) is 138 Å². The molecule has 0 aromatic heterocycles. The van der Waals surface area contributed by atoms with Crippen molar-refractivity contribution < 1.29 is 42.3 Å². The molecule has 2 unspecified atom stereocenters. The molecule has 0 bridgehead atoms. The van der Waals surface area contributed by atoms with Crippen molar-refractivity contribution in [3.8, 4) is 0 Å². The molecule has 3 saturated carbocycles. The Balaban J connectivity index is 1.57. The maximum Gasteiger partial charge on any atom is 0.315 e. The van der Waals surface area contributed by atoms with Crippen molar-refractivity contribution in [3.05, 3.63) is 12.7 Å². The number of carbonyl (C=O) groups excluding carboxylic acids is 6. The van der Waals surface area contributed by atoms with Crippen molar-refractivity contribution in [2.24, 2.45) is 16.7 Å². The van der Waals surface area contributed by atoms with Crippen LogP contribution in [-0.4, -0.2) is 113 Å². The molecule has 6 N–H and O–H groups in total. The highest BCUT2D eigenvalue weighted by atomic mass is 32.2. The van der Waals surface area contributed by atoms with E-state index < -0.39 is 96.7 Å². The quantitative estimate of drug-likeness (QED) is 0.0992. The predicted molar refractivity (Wildman–Crippen MR) is 221 cm³/mol. The molecular weight excluding hydrogens is 765 g/mol. The maximum atomic E-state index is 14.6. The molecule has 1 aliphatic heterocycles. The summed E-state index contributed by atoms with van der Waals surface area (Å²) >= 11 is 0. The first-order valence-electron chi connectivity index (χ1n) is 21.3. The number of ketones is 1. The standard InChI is InChI=1S/C42H70N6O9S/c1-9-22-43-35(52)31(50)29(23-27-16-17-27)44-34(51)30-24-28(49)25-48(30)37(54)33(39(2,3)4)45-36(53)32(41(8)18-12-10-13-19-41)46-38(55)47-42(20-14-11-15-21-42)26-58(56,57)40(5,6)7/h9,27-30,32-33,49H,1,10-26H2,2-8H3,(H,43,52)(H,44,51)(H,45,53)(H2,46,47,55)/t28?,29?,30-,32+,33+/m0/s1. The van der Waals surface area contributed by atoms with Gasteiger partial charge in [-0.05, 0) is 69.6 Å². The number of rotatable bonds is 16. The maximum absolute atomic E-state index is 14.6. The fraction of sp³-hybridized carbons (Fsp3) is 0.810. The Morgan fingerprint density at radius 2 is 1.47 bits per heavy atom. The third-order valence-electron chi connectivity index (χ3n) is 12.6. The van der Waals surface area contributed by atoms with E-state index in [1.807, 2.05) is 6.92 Å². The van der Waals surface area contributed by atoms with E-state index in [-0.39, 0.29) is 37.6 Å². The van der Waals surface area contributed by atoms with E-state index in [0.717, 1.165) is 51.4 Å². The molecule has 0 spiro atoms. The molecule has 4 fully saturated rings. The molecule has 16 heteroatoms. The normalized spacial score (nSPS) is 23.7. The third kappa shape index (κ3) is 12.0. The largest absolute Gasteiger partial charge is 0.391 e. The summed E-state index contributed by atoms with van der Waals surface area (Å²) in [5.74, 6) is -3.59. The molecule has 6 amide bonds. The Labute approximate surface area is 345 Å². The number of aliphatic hydroxyl groups excluding tert-OH is 1. The molecule has 15 nitrogen and oxygen atoms in total. The van der Waals surface area contributed by atoms with Crippen molar-refractivity contribution in [2.45, 2.75) is 179 Å². The molecule has 1 heterocycles. The van der Waals surface area contributed by atoms with Crippen LogP contribution in [0.25, 0.3) is 0 Å². The van der Waals surface area contributed by atoms with Crippen LogP contribution in [0.4, 0.5) is 4.79 Å². The Bertz CT molecular complexity index is 1650. The van der Waals surface area contributed by atoms with Crippen LogP contribution in [0.15, 0.2) is 12.7 Å². The van der Waals surface area contributed by atoms with Gasteiger partial charge in [-0.1, -0.05) is 85.1 Å². The van der Waals surface area contributed by atoms with Gasteiger partial charge in [0.05, 0.1) is 28.2 Å². The Morgan fingerprint density at radius 3 is 2.00 bits per heavy atom. The second kappa shape index (κ2) is 18.8. The van der Waals surface area contributed by atoms with Crippen LogP contribution in [0.5, 0.6) is 0 Å². The highest BCUT2D eigenvalue weighted by molar-refractivity contribution is 7.92. The van der Waals surface area contributed by atoms with Crippen LogP contribution in [0.3, 0.4) is 0 Å². The summed E-state index contributed by atoms with van der Waals surface area (Å²) in [7, 11) is -3.61. The lowest BCUT2D eigenvalue weighted by atomic mass is 9.70. The molecule has 5 atom stereocenters. The number of hydrogen-bond donors (Lipinski definition) is 6. The average molecular weight is 835 g/mol. The minimum absolute atomic E-state index is 0.0778. The third-order valence-corrected chi connectivity index (χ3v) is 15.4. The minimum Gasteiger partial charge on any atom is -0.391 e. The summed E-state index contributed by atoms with van der Waals surface area (Å²) in [5.41, 5.74) is -2.59. The van der Waals surface area contributed by atoms with Gasteiger partial charge in [0.2, 0.25) is 23.5 Å². The summed E-state index contributed by atoms with van der Waals surface area (Å²) in [4.78, 5) is 84.0. The van der Waals surface area contributed by atoms with E-state index >= 15 is 0 Å². The summed E-state index contributed by atoms with van der Waals surface area (Å²) in [5, 5.41) is 24.8. The van der Waals surface area contributed by atoms with Gasteiger partial charge < -0.3 is 36.6 Å². The van der Waals surface area contributed by atoms with Gasteiger partial charge in [-0.3, -0.25) is 24.0 Å². The van der Waals surface area contributed by atoms with Crippen molar-refractivity contribution in [3.63, 3.8) is 0 Å². The van der Waals surface area contributed by atoms with Crippen LogP contribution in [-0.2, 0) is 33.8 Å². The number of Topliss-reactive ketones (excluding diaryl/α,β-unsaturated/α-hetero) is 1. The second-order valence-corrected chi connectivity index (χ2v) is 22.5. The van der Waals surface area contributed by atoms with Crippen molar-refractivity contribution in [1.82, 2.24) is 31.5 Å². The number of carbonyl (C=O) groups is 6. The van der Waals surface area contributed by atoms with Crippen molar-refractivity contribution in [1.29, 1.82) is 0 Å². The highest BCUT2D eigenvalue weighted by Crippen LogP contribution is 2.40. The number of nitrogens with one attached hydrogen (secondary N) is 5. The van der Waals surface area contributed by atoms with Gasteiger partial charge >= 0.3 is 6.03 Å². The molecule has 4 rings (SSSR count). The summed E-state index contributed by atoms with van der Waals surface area (Å²) in [6, 6.07) is -5.23. The molecular formula is C42H70N6O9S. The van der Waals surface area contributed by atoms with Gasteiger partial charge in [-0.2, -0.15) is 0 Å². The SMILES string of the molecule is C=CCNC(=O)C(=O)C(CC1CC1)NC(=O)[C@@H]1CC(O)CN1C(=O)[C@@H](NC(=O)[C@@H](NC(=O)NC1(CS(=O)(=O)C(C)(C)C)CCCCC1)C1(C)CCCCC1)C(C)(C)C. The van der Waals surface area contributed by atoms with Gasteiger partial charge in [0.25, 0.3) is 5.91 Å². The molecule has 328 valence electrons. The lowest BCUT2D eigenvalue weighted by molar-refractivity contribution is -0.145. The zero-order valence-electron chi connectivity index (χ0n) is 35.8. The van der Waals surface area contributed by atoms with E-state index in [1.165, 1.54) is 11.0 Å². The number of amides is 6. The van der Waals surface area contributed by atoms with Crippen LogP contribution < -0.4 is 26.6 Å². The Hall–Kier alpha value is -3.53. The van der Waals surface area contributed by atoms with E-state index in [1.54, 1.807) is 41.5 Å². The van der Waals surface area contributed by atoms with E-state index in [2.05, 4.69) is 33.2 Å². The lowest BCUT2D eigenvalue weighted by Gasteiger charge is -2.43. The second-order valence-electron chi connectivity index (χ2n) is 19.8. The fourth-order valence-electron chi connectivity index (χ4n) is 8.67. The topological polar surface area (TPSA) is 220 Å². The summed E-state index contributed by atoms with van der Waals surface area (Å²) in [6.45, 7) is 15.6. The van der Waals surface area contributed by atoms with Crippen molar-refractivity contribution in [2.75, 3.05) is 18.8 Å². The number of aliphatic hydroxyl groups is 1. The lowest BCUT2D eigenvalue weighted by Crippen LogP contribution is -2.65. The van der Waals surface area contributed by atoms with Crippen LogP contribution in [0, 0.1) is 16.7 Å². The number of nitrogens with zero attached hydrogens (tertiary/aromatic N) is 1. The summed E-state index contributed by atoms with van der Waals surface area (Å²) < 4.78 is 25.9. The smallest absolute Gasteiger partial charge is 0.315 e. The van der Waals surface area contributed by atoms with E-state index in [0.29, 0.717) is 25.7 Å². The number of β-amino-alcohol motifs (C(OH)–C–C–N with tert-alkyl or cyclic N) is 1. The van der Waals surface area contributed by atoms with Crippen LogP contribution >= 0.6 is 0 Å². The number of likely N-dealkylation sites (tertiary alicyclic amines) is 1. The molecule has 58 heavy (non-hydrogen) atoms. The van der Waals surface area contributed by atoms with Crippen LogP contribution in [0.2, 0.25) is 0 Å². The van der Waals surface area contributed by atoms with Gasteiger partial charge in [-0.25, -0.2) is 13.2 Å². The molecule has 0 radical (unpaired) electrons. The number of sulfone groups is 1. The first-order valence-corrected chi connectivity index (χ1v) is 22.9. The molecule has 0 aromatic rings. The molecule has 1 saturated heterocycles. The first-order chi connectivity index (χ1) is 26.9. The van der Waals surface area contributed by atoms with Gasteiger partial charge in [0.15, 0.2) is 9.84 Å². The monoisotopic (exact) mass is 834 g/mol. The number of urea groups is 1. The fourth-order valence-corrected chi connectivity index (χ4v) is 10.2. The van der Waals surface area contributed by atoms with E-state index in [9.17, 15) is 42.3 Å². The molecule has 3 aliphatic carbocycles. The van der Waals surface area contributed by atoms with Gasteiger partial charge in [-0.15, -0.1) is 6.58 Å². The predicted octanol–water partition coefficient (Wildman–Crippen LogP) is 3.19. The summed E-state index contributed by atoms with van der Waals surface area (Å²) in [6.07, 6.45) is 9.59. The zero-order valence-corrected chi connectivity index (χ0v) is 36.7. The zero-order chi connectivity index (χ0) is 43.3. The Kier molecular flexibility index (Phi) is 15.3. The van der Waals surface area contributed by atoms with Gasteiger partial charge in [0, 0.05) is 19.5 Å². The highest BCUT2D eigenvalue weighted by Gasteiger charge is 2.49. The van der Waals surface area contributed by atoms with E-state index in [4.69, 9.17) is 0 Å².